The van der Waals surface area contributed by atoms with Crippen LogP contribution in [0, 0.1) is 5.82 Å². The summed E-state index contributed by atoms with van der Waals surface area (Å²) in [5, 5.41) is 11.2. The third-order valence-electron chi connectivity index (χ3n) is 5.05. The van der Waals surface area contributed by atoms with Gasteiger partial charge in [0.1, 0.15) is 10.7 Å². The van der Waals surface area contributed by atoms with Crippen LogP contribution in [0.15, 0.2) is 94.4 Å². The van der Waals surface area contributed by atoms with Crippen LogP contribution in [0.1, 0.15) is 17.2 Å². The lowest BCUT2D eigenvalue weighted by Gasteiger charge is -2.27. The number of carbonyl (C=O) groups excluding carboxylic acids is 1. The van der Waals surface area contributed by atoms with E-state index >= 15 is 0 Å². The van der Waals surface area contributed by atoms with E-state index in [9.17, 15) is 22.7 Å². The molecule has 0 aliphatic carbocycles. The number of halogens is 2. The predicted octanol–water partition coefficient (Wildman–Crippen LogP) is 4.81. The van der Waals surface area contributed by atoms with E-state index in [-0.39, 0.29) is 11.4 Å². The van der Waals surface area contributed by atoms with E-state index in [0.717, 1.165) is 0 Å². The largest absolute Gasteiger partial charge is 0.502 e. The average molecular weight is 458 g/mol. The fourth-order valence-electron chi connectivity index (χ4n) is 3.56. The summed E-state index contributed by atoms with van der Waals surface area (Å²) >= 11 is 5.93. The monoisotopic (exact) mass is 457 g/mol. The van der Waals surface area contributed by atoms with Crippen molar-refractivity contribution in [2.45, 2.75) is 17.5 Å². The number of aliphatic hydroxyl groups excluding tert-OH is 1. The molecule has 158 valence electrons. The smallest absolute Gasteiger partial charge is 0.290 e. The number of carbonyl (C=O) groups is 1. The lowest BCUT2D eigenvalue weighted by Crippen LogP contribution is -2.30. The van der Waals surface area contributed by atoms with E-state index in [4.69, 9.17) is 11.6 Å². The number of amides is 1. The second-order valence-corrected chi connectivity index (χ2v) is 9.40. The maximum Gasteiger partial charge on any atom is 0.290 e. The van der Waals surface area contributed by atoms with Gasteiger partial charge in [-0.25, -0.2) is 12.8 Å². The summed E-state index contributed by atoms with van der Waals surface area (Å²) in [6.45, 7) is 0.0237. The number of sulfone groups is 1. The second-order valence-electron chi connectivity index (χ2n) is 7.04. The summed E-state index contributed by atoms with van der Waals surface area (Å²) in [5.41, 5.74) is 1.05. The Hall–Kier alpha value is -3.16. The van der Waals surface area contributed by atoms with Gasteiger partial charge in [-0.2, -0.15) is 0 Å². The first-order valence-corrected chi connectivity index (χ1v) is 11.2. The van der Waals surface area contributed by atoms with Crippen LogP contribution in [0.25, 0.3) is 0 Å². The summed E-state index contributed by atoms with van der Waals surface area (Å²) in [5.74, 6) is -2.16. The van der Waals surface area contributed by atoms with Gasteiger partial charge in [0.05, 0.1) is 10.9 Å². The van der Waals surface area contributed by atoms with Gasteiger partial charge in [0.25, 0.3) is 5.91 Å². The molecule has 31 heavy (non-hydrogen) atoms. The molecule has 0 saturated heterocycles. The molecule has 1 amide bonds. The van der Waals surface area contributed by atoms with Crippen molar-refractivity contribution in [1.29, 1.82) is 0 Å². The van der Waals surface area contributed by atoms with Gasteiger partial charge >= 0.3 is 0 Å². The first-order chi connectivity index (χ1) is 14.8. The minimum atomic E-state index is -4.21. The van der Waals surface area contributed by atoms with Crippen molar-refractivity contribution in [1.82, 2.24) is 4.90 Å². The number of rotatable bonds is 5. The van der Waals surface area contributed by atoms with E-state index in [2.05, 4.69) is 0 Å². The normalized spacial score (nSPS) is 16.8. The van der Waals surface area contributed by atoms with Crippen LogP contribution in [-0.4, -0.2) is 24.3 Å². The van der Waals surface area contributed by atoms with Crippen molar-refractivity contribution in [2.75, 3.05) is 0 Å². The Morgan fingerprint density at radius 3 is 2.16 bits per heavy atom. The van der Waals surface area contributed by atoms with Gasteiger partial charge < -0.3 is 10.0 Å². The van der Waals surface area contributed by atoms with Crippen molar-refractivity contribution in [3.63, 3.8) is 0 Å². The fourth-order valence-corrected chi connectivity index (χ4v) is 5.35. The van der Waals surface area contributed by atoms with Crippen LogP contribution in [0.3, 0.4) is 0 Å². The highest BCUT2D eigenvalue weighted by Gasteiger charge is 2.46. The standard InChI is InChI=1S/C23H17ClFNO4S/c24-17-10-6-15(7-11-17)14-26-20(16-8-12-18(25)13-9-16)22(21(27)23(26)28)31(29,30)19-4-2-1-3-5-19/h1-13,20,27H,14H2. The summed E-state index contributed by atoms with van der Waals surface area (Å²) in [6, 6.07) is 18.3. The fraction of sp³-hybridized carbons (Fsp3) is 0.0870. The summed E-state index contributed by atoms with van der Waals surface area (Å²) in [6.07, 6.45) is 0. The lowest BCUT2D eigenvalue weighted by molar-refractivity contribution is -0.130. The Labute approximate surface area is 183 Å². The second kappa shape index (κ2) is 8.17. The van der Waals surface area contributed by atoms with Crippen molar-refractivity contribution in [3.05, 3.63) is 111 Å². The molecule has 1 heterocycles. The van der Waals surface area contributed by atoms with E-state index in [1.54, 1.807) is 42.5 Å². The number of aliphatic hydroxyl groups is 1. The zero-order chi connectivity index (χ0) is 22.2. The third-order valence-corrected chi connectivity index (χ3v) is 7.19. The Bertz CT molecular complexity index is 1260. The molecule has 0 spiro atoms. The zero-order valence-corrected chi connectivity index (χ0v) is 17.6. The Balaban J connectivity index is 1.85. The highest BCUT2D eigenvalue weighted by molar-refractivity contribution is 7.95. The minimum absolute atomic E-state index is 0.0237. The highest BCUT2D eigenvalue weighted by Crippen LogP contribution is 2.43. The van der Waals surface area contributed by atoms with E-state index in [1.165, 1.54) is 41.3 Å². The molecule has 1 aliphatic heterocycles. The minimum Gasteiger partial charge on any atom is -0.502 e. The van der Waals surface area contributed by atoms with Crippen molar-refractivity contribution < 1.29 is 22.7 Å². The van der Waals surface area contributed by atoms with Gasteiger partial charge in [-0.05, 0) is 47.5 Å². The van der Waals surface area contributed by atoms with E-state index in [1.807, 2.05) is 0 Å². The molecule has 0 radical (unpaired) electrons. The zero-order valence-electron chi connectivity index (χ0n) is 16.1. The molecular weight excluding hydrogens is 441 g/mol. The molecule has 5 nitrogen and oxygen atoms in total. The van der Waals surface area contributed by atoms with E-state index < -0.39 is 38.3 Å². The first-order valence-electron chi connectivity index (χ1n) is 9.33. The van der Waals surface area contributed by atoms with Crippen molar-refractivity contribution in [2.24, 2.45) is 0 Å². The third kappa shape index (κ3) is 3.94. The van der Waals surface area contributed by atoms with Crippen molar-refractivity contribution in [3.8, 4) is 0 Å². The average Bonchev–Trinajstić information content (AvgIpc) is 3.02. The first kappa shape index (κ1) is 21.1. The maximum atomic E-state index is 13.5. The quantitative estimate of drug-likeness (QED) is 0.596. The molecule has 0 aromatic heterocycles. The maximum absolute atomic E-state index is 13.5. The molecule has 1 atom stereocenters. The van der Waals surface area contributed by atoms with Gasteiger partial charge in [0, 0.05) is 11.6 Å². The molecule has 0 fully saturated rings. The molecule has 0 saturated carbocycles. The Morgan fingerprint density at radius 1 is 0.935 bits per heavy atom. The molecule has 0 bridgehead atoms. The van der Waals surface area contributed by atoms with Gasteiger partial charge in [0.2, 0.25) is 9.84 Å². The molecule has 1 aliphatic rings. The molecule has 3 aromatic rings. The highest BCUT2D eigenvalue weighted by atomic mass is 35.5. The molecular formula is C23H17ClFNO4S. The van der Waals surface area contributed by atoms with Crippen LogP contribution in [0.2, 0.25) is 5.02 Å². The predicted molar refractivity (Wildman–Crippen MR) is 114 cm³/mol. The number of benzene rings is 3. The van der Waals surface area contributed by atoms with Crippen LogP contribution < -0.4 is 0 Å². The van der Waals surface area contributed by atoms with Crippen LogP contribution >= 0.6 is 11.6 Å². The molecule has 1 unspecified atom stereocenters. The molecule has 8 heteroatoms. The van der Waals surface area contributed by atoms with Crippen molar-refractivity contribution >= 4 is 27.3 Å². The number of hydrogen-bond acceptors (Lipinski definition) is 4. The van der Waals surface area contributed by atoms with Gasteiger partial charge in [-0.3, -0.25) is 4.79 Å². The SMILES string of the molecule is O=C1C(O)=C(S(=O)(=O)c2ccccc2)C(c2ccc(F)cc2)N1Cc1ccc(Cl)cc1. The molecule has 3 aromatic carbocycles. The number of nitrogens with zero attached hydrogens (tertiary/aromatic N) is 1. The van der Waals surface area contributed by atoms with Gasteiger partial charge in [0.15, 0.2) is 5.76 Å². The Morgan fingerprint density at radius 2 is 1.55 bits per heavy atom. The summed E-state index contributed by atoms with van der Waals surface area (Å²) < 4.78 is 40.3. The Kier molecular flexibility index (Phi) is 5.56. The number of hydrogen-bond donors (Lipinski definition) is 1. The summed E-state index contributed by atoms with van der Waals surface area (Å²) in [4.78, 5) is 13.7. The molecule has 1 N–H and O–H groups in total. The van der Waals surface area contributed by atoms with E-state index in [0.29, 0.717) is 16.1 Å². The van der Waals surface area contributed by atoms with Crippen LogP contribution in [-0.2, 0) is 21.2 Å². The van der Waals surface area contributed by atoms with Crippen LogP contribution in [0.4, 0.5) is 4.39 Å². The van der Waals surface area contributed by atoms with Crippen LogP contribution in [0.5, 0.6) is 0 Å². The summed E-state index contributed by atoms with van der Waals surface area (Å²) in [7, 11) is -4.21. The topological polar surface area (TPSA) is 74.7 Å². The molecule has 4 rings (SSSR count). The van der Waals surface area contributed by atoms with Gasteiger partial charge in [-0.1, -0.05) is 54.1 Å². The van der Waals surface area contributed by atoms with Gasteiger partial charge in [-0.15, -0.1) is 0 Å². The lowest BCUT2D eigenvalue weighted by atomic mass is 10.1.